The highest BCUT2D eigenvalue weighted by atomic mass is 16.6. The highest BCUT2D eigenvalue weighted by molar-refractivity contribution is 5.92. The van der Waals surface area contributed by atoms with E-state index in [4.69, 9.17) is 11.0 Å². The van der Waals surface area contributed by atoms with E-state index in [0.717, 1.165) is 0 Å². The summed E-state index contributed by atoms with van der Waals surface area (Å²) in [6.07, 6.45) is 0. The average molecular weight is 250 g/mol. The number of carboxylic acid groups (broad SMARTS) is 1. The van der Waals surface area contributed by atoms with Crippen LogP contribution >= 0.6 is 0 Å². The standard InChI is InChI=1S/C11H10N2O5/c12-18-4-5-1-8(11(16)17)13-7-3-10(15)9(14)2-6(5)7/h1-3,14-15H,4,12H2,(H,16,17). The number of aromatic hydroxyl groups is 2. The largest absolute Gasteiger partial charge is 0.504 e. The molecular formula is C11H10N2O5. The summed E-state index contributed by atoms with van der Waals surface area (Å²) in [5.41, 5.74) is 0.493. The number of hydrogen-bond acceptors (Lipinski definition) is 6. The SMILES string of the molecule is NOCc1cc(C(=O)O)nc2cc(O)c(O)cc12. The van der Waals surface area contributed by atoms with Gasteiger partial charge in [-0.1, -0.05) is 0 Å². The lowest BCUT2D eigenvalue weighted by atomic mass is 10.1. The van der Waals surface area contributed by atoms with Crippen molar-refractivity contribution in [1.29, 1.82) is 0 Å². The van der Waals surface area contributed by atoms with Crippen LogP contribution < -0.4 is 5.90 Å². The lowest BCUT2D eigenvalue weighted by Gasteiger charge is -2.08. The number of hydrogen-bond donors (Lipinski definition) is 4. The van der Waals surface area contributed by atoms with Crippen LogP contribution in [0.25, 0.3) is 10.9 Å². The van der Waals surface area contributed by atoms with Crippen molar-refractivity contribution >= 4 is 16.9 Å². The van der Waals surface area contributed by atoms with E-state index in [0.29, 0.717) is 10.9 Å². The first-order valence-electron chi connectivity index (χ1n) is 4.93. The molecule has 0 radical (unpaired) electrons. The molecule has 0 aliphatic carbocycles. The van der Waals surface area contributed by atoms with Gasteiger partial charge in [0.05, 0.1) is 12.1 Å². The number of phenolic OH excluding ortho intramolecular Hbond substituents is 2. The molecule has 0 unspecified atom stereocenters. The molecule has 5 N–H and O–H groups in total. The normalized spacial score (nSPS) is 10.7. The molecule has 7 nitrogen and oxygen atoms in total. The minimum absolute atomic E-state index is 0.0382. The fourth-order valence-corrected chi connectivity index (χ4v) is 1.64. The Hall–Kier alpha value is -2.38. The van der Waals surface area contributed by atoms with Gasteiger partial charge in [0.25, 0.3) is 0 Å². The van der Waals surface area contributed by atoms with E-state index >= 15 is 0 Å². The van der Waals surface area contributed by atoms with Gasteiger partial charge in [0, 0.05) is 11.5 Å². The van der Waals surface area contributed by atoms with Crippen LogP contribution in [0.3, 0.4) is 0 Å². The predicted molar refractivity (Wildman–Crippen MR) is 61.0 cm³/mol. The van der Waals surface area contributed by atoms with Gasteiger partial charge in [0.2, 0.25) is 0 Å². The number of carbonyl (C=O) groups is 1. The number of nitrogens with two attached hydrogens (primary N) is 1. The van der Waals surface area contributed by atoms with Crippen LogP contribution in [-0.2, 0) is 11.4 Å². The molecule has 18 heavy (non-hydrogen) atoms. The molecular weight excluding hydrogens is 240 g/mol. The van der Waals surface area contributed by atoms with Crippen LogP contribution in [0.4, 0.5) is 0 Å². The lowest BCUT2D eigenvalue weighted by molar-refractivity contribution is 0.0690. The highest BCUT2D eigenvalue weighted by Gasteiger charge is 2.13. The van der Waals surface area contributed by atoms with Crippen molar-refractivity contribution in [3.05, 3.63) is 29.5 Å². The number of fused-ring (bicyclic) bond motifs is 1. The van der Waals surface area contributed by atoms with Gasteiger partial charge in [-0.15, -0.1) is 0 Å². The molecule has 1 aromatic carbocycles. The molecule has 7 heteroatoms. The Labute approximate surface area is 101 Å². The molecule has 0 aliphatic heterocycles. The third kappa shape index (κ3) is 2.04. The van der Waals surface area contributed by atoms with Crippen LogP contribution in [0.5, 0.6) is 11.5 Å². The minimum atomic E-state index is -1.21. The molecule has 1 heterocycles. The number of carboxylic acids is 1. The van der Waals surface area contributed by atoms with Gasteiger partial charge < -0.3 is 15.3 Å². The first-order chi connectivity index (χ1) is 8.52. The third-order valence-corrected chi connectivity index (χ3v) is 2.45. The van der Waals surface area contributed by atoms with E-state index < -0.39 is 5.97 Å². The van der Waals surface area contributed by atoms with Gasteiger partial charge in [-0.3, -0.25) is 4.84 Å². The maximum atomic E-state index is 10.9. The molecule has 2 aromatic rings. The van der Waals surface area contributed by atoms with Crippen LogP contribution in [0.2, 0.25) is 0 Å². The van der Waals surface area contributed by atoms with Gasteiger partial charge in [0.1, 0.15) is 5.69 Å². The molecule has 1 aromatic heterocycles. The quantitative estimate of drug-likeness (QED) is 0.467. The van der Waals surface area contributed by atoms with Crippen molar-refractivity contribution in [3.8, 4) is 11.5 Å². The summed E-state index contributed by atoms with van der Waals surface area (Å²) >= 11 is 0. The van der Waals surface area contributed by atoms with E-state index in [1.165, 1.54) is 18.2 Å². The van der Waals surface area contributed by atoms with Gasteiger partial charge >= 0.3 is 5.97 Å². The second kappa shape index (κ2) is 4.47. The summed E-state index contributed by atoms with van der Waals surface area (Å²) in [6, 6.07) is 3.75. The maximum absolute atomic E-state index is 10.9. The molecule has 2 rings (SSSR count). The smallest absolute Gasteiger partial charge is 0.354 e. The zero-order valence-corrected chi connectivity index (χ0v) is 9.12. The maximum Gasteiger partial charge on any atom is 0.354 e. The third-order valence-electron chi connectivity index (χ3n) is 2.45. The van der Waals surface area contributed by atoms with E-state index in [2.05, 4.69) is 9.82 Å². The Morgan fingerprint density at radius 3 is 2.56 bits per heavy atom. The van der Waals surface area contributed by atoms with Crippen LogP contribution in [0.15, 0.2) is 18.2 Å². The number of benzene rings is 1. The Balaban J connectivity index is 2.76. The number of phenols is 2. The Bertz CT molecular complexity index is 626. The fraction of sp³-hybridized carbons (Fsp3) is 0.0909. The Morgan fingerprint density at radius 1 is 1.28 bits per heavy atom. The van der Waals surface area contributed by atoms with Crippen LogP contribution in [-0.4, -0.2) is 26.3 Å². The Kier molecular flexibility index (Phi) is 3.00. The monoisotopic (exact) mass is 250 g/mol. The van der Waals surface area contributed by atoms with Gasteiger partial charge in [-0.2, -0.15) is 0 Å². The van der Waals surface area contributed by atoms with E-state index in [1.807, 2.05) is 0 Å². The molecule has 0 spiro atoms. The summed E-state index contributed by atoms with van der Waals surface area (Å²) in [5.74, 6) is 3.05. The van der Waals surface area contributed by atoms with E-state index in [-0.39, 0.29) is 29.3 Å². The van der Waals surface area contributed by atoms with E-state index in [9.17, 15) is 15.0 Å². The molecule has 0 bridgehead atoms. The summed E-state index contributed by atoms with van der Waals surface area (Å²) in [5, 5.41) is 28.2. The zero-order chi connectivity index (χ0) is 13.3. The lowest BCUT2D eigenvalue weighted by Crippen LogP contribution is -2.05. The van der Waals surface area contributed by atoms with Crippen molar-refractivity contribution in [1.82, 2.24) is 4.98 Å². The molecule has 0 amide bonds. The second-order valence-corrected chi connectivity index (χ2v) is 3.64. The predicted octanol–water partition coefficient (Wildman–Crippen LogP) is 0.734. The molecule has 0 saturated heterocycles. The number of rotatable bonds is 3. The number of aromatic carboxylic acids is 1. The van der Waals surface area contributed by atoms with Crippen LogP contribution in [0, 0.1) is 0 Å². The second-order valence-electron chi connectivity index (χ2n) is 3.64. The van der Waals surface area contributed by atoms with Crippen molar-refractivity contribution in [3.63, 3.8) is 0 Å². The number of nitrogens with zero attached hydrogens (tertiary/aromatic N) is 1. The van der Waals surface area contributed by atoms with Gasteiger partial charge in [-0.25, -0.2) is 15.7 Å². The highest BCUT2D eigenvalue weighted by Crippen LogP contribution is 2.31. The molecule has 0 fully saturated rings. The summed E-state index contributed by atoms with van der Waals surface area (Å²) in [4.78, 5) is 19.2. The van der Waals surface area contributed by atoms with E-state index in [1.54, 1.807) is 0 Å². The average Bonchev–Trinajstić information content (AvgIpc) is 2.31. The topological polar surface area (TPSA) is 126 Å². The first kappa shape index (κ1) is 12.1. The number of aromatic nitrogens is 1. The minimum Gasteiger partial charge on any atom is -0.504 e. The molecule has 0 aliphatic rings. The van der Waals surface area contributed by atoms with Crippen LogP contribution in [0.1, 0.15) is 16.1 Å². The van der Waals surface area contributed by atoms with Gasteiger partial charge in [-0.05, 0) is 17.7 Å². The van der Waals surface area contributed by atoms with Crippen molar-refractivity contribution in [2.75, 3.05) is 0 Å². The fourth-order valence-electron chi connectivity index (χ4n) is 1.64. The summed E-state index contributed by atoms with van der Waals surface area (Å²) in [7, 11) is 0. The van der Waals surface area contributed by atoms with Gasteiger partial charge in [0.15, 0.2) is 11.5 Å². The van der Waals surface area contributed by atoms with Crippen molar-refractivity contribution < 1.29 is 25.0 Å². The number of pyridine rings is 1. The summed E-state index contributed by atoms with van der Waals surface area (Å²) < 4.78 is 0. The molecule has 0 saturated carbocycles. The molecule has 0 atom stereocenters. The Morgan fingerprint density at radius 2 is 1.94 bits per heavy atom. The molecule has 94 valence electrons. The van der Waals surface area contributed by atoms with Crippen molar-refractivity contribution in [2.45, 2.75) is 6.61 Å². The van der Waals surface area contributed by atoms with Crippen molar-refractivity contribution in [2.24, 2.45) is 5.90 Å². The summed E-state index contributed by atoms with van der Waals surface area (Å²) in [6.45, 7) is -0.0382. The first-order valence-corrected chi connectivity index (χ1v) is 4.93. The zero-order valence-electron chi connectivity index (χ0n) is 9.12.